The molecule has 3 nitrogen and oxygen atoms in total. The molecule has 1 fully saturated rings. The fourth-order valence-electron chi connectivity index (χ4n) is 1.84. The van der Waals surface area contributed by atoms with Crippen molar-refractivity contribution in [2.45, 2.75) is 18.6 Å². The number of hydrogen-bond donors (Lipinski definition) is 1. The van der Waals surface area contributed by atoms with Crippen LogP contribution in [0.25, 0.3) is 0 Å². The summed E-state index contributed by atoms with van der Waals surface area (Å²) in [5.74, 6) is 0.949. The molecule has 0 saturated carbocycles. The number of hydrogen-bond acceptors (Lipinski definition) is 3. The lowest BCUT2D eigenvalue weighted by Crippen LogP contribution is -2.60. The SMILES string of the molecule is c1cc2c(cn1)OC1(CCN1)C2. The van der Waals surface area contributed by atoms with E-state index >= 15 is 0 Å². The Balaban J connectivity index is 1.99. The lowest BCUT2D eigenvalue weighted by molar-refractivity contribution is -0.00811. The molecule has 2 aliphatic heterocycles. The molecule has 2 aliphatic rings. The standard InChI is InChI=1S/C9H10N2O/c1-3-10-6-8-7(1)5-9(12-8)2-4-11-9/h1,3,6,11H,2,4-5H2. The van der Waals surface area contributed by atoms with Gasteiger partial charge in [-0.05, 0) is 6.07 Å². The maximum Gasteiger partial charge on any atom is 0.166 e. The average molecular weight is 162 g/mol. The Bertz CT molecular complexity index is 293. The van der Waals surface area contributed by atoms with Gasteiger partial charge in [0.25, 0.3) is 0 Å². The summed E-state index contributed by atoms with van der Waals surface area (Å²) in [6, 6.07) is 2.03. The van der Waals surface area contributed by atoms with Crippen molar-refractivity contribution >= 4 is 0 Å². The molecule has 0 bridgehead atoms. The van der Waals surface area contributed by atoms with Gasteiger partial charge >= 0.3 is 0 Å². The monoisotopic (exact) mass is 162 g/mol. The van der Waals surface area contributed by atoms with E-state index < -0.39 is 0 Å². The third-order valence-electron chi connectivity index (χ3n) is 2.63. The van der Waals surface area contributed by atoms with Crippen molar-refractivity contribution in [3.8, 4) is 5.75 Å². The summed E-state index contributed by atoms with van der Waals surface area (Å²) < 4.78 is 5.76. The zero-order valence-corrected chi connectivity index (χ0v) is 6.71. The number of aromatic nitrogens is 1. The smallest absolute Gasteiger partial charge is 0.166 e. The molecule has 3 rings (SSSR count). The fourth-order valence-corrected chi connectivity index (χ4v) is 1.84. The first-order valence-corrected chi connectivity index (χ1v) is 4.25. The van der Waals surface area contributed by atoms with Gasteiger partial charge in [0.05, 0.1) is 6.20 Å². The number of pyridine rings is 1. The first-order valence-electron chi connectivity index (χ1n) is 4.25. The molecule has 1 unspecified atom stereocenters. The minimum absolute atomic E-state index is 0.0641. The van der Waals surface area contributed by atoms with Crippen LogP contribution in [0.2, 0.25) is 0 Å². The Hall–Kier alpha value is -1.09. The molecule has 12 heavy (non-hydrogen) atoms. The van der Waals surface area contributed by atoms with E-state index in [-0.39, 0.29) is 5.72 Å². The third-order valence-corrected chi connectivity index (χ3v) is 2.63. The number of nitrogens with one attached hydrogen (secondary N) is 1. The van der Waals surface area contributed by atoms with Crippen molar-refractivity contribution in [3.63, 3.8) is 0 Å². The highest BCUT2D eigenvalue weighted by Crippen LogP contribution is 2.37. The van der Waals surface area contributed by atoms with Gasteiger partial charge in [-0.15, -0.1) is 0 Å². The summed E-state index contributed by atoms with van der Waals surface area (Å²) in [6.07, 6.45) is 5.72. The minimum atomic E-state index is -0.0641. The molecule has 1 spiro atoms. The quantitative estimate of drug-likeness (QED) is 0.610. The molecule has 0 amide bonds. The van der Waals surface area contributed by atoms with Crippen molar-refractivity contribution in [1.29, 1.82) is 0 Å². The Morgan fingerprint density at radius 3 is 3.17 bits per heavy atom. The Morgan fingerprint density at radius 2 is 2.50 bits per heavy atom. The minimum Gasteiger partial charge on any atom is -0.470 e. The van der Waals surface area contributed by atoms with Crippen molar-refractivity contribution in [1.82, 2.24) is 10.3 Å². The molecule has 1 atom stereocenters. The van der Waals surface area contributed by atoms with Crippen LogP contribution in [0.4, 0.5) is 0 Å². The van der Waals surface area contributed by atoms with Crippen LogP contribution < -0.4 is 10.1 Å². The molecular weight excluding hydrogens is 152 g/mol. The van der Waals surface area contributed by atoms with Gasteiger partial charge in [-0.3, -0.25) is 10.3 Å². The fraction of sp³-hybridized carbons (Fsp3) is 0.444. The van der Waals surface area contributed by atoms with Crippen LogP contribution in [-0.2, 0) is 6.42 Å². The van der Waals surface area contributed by atoms with Crippen LogP contribution >= 0.6 is 0 Å². The number of nitrogens with zero attached hydrogens (tertiary/aromatic N) is 1. The van der Waals surface area contributed by atoms with Crippen molar-refractivity contribution in [2.75, 3.05) is 6.54 Å². The summed E-state index contributed by atoms with van der Waals surface area (Å²) in [4.78, 5) is 4.03. The number of fused-ring (bicyclic) bond motifs is 1. The molecule has 0 aromatic carbocycles. The third kappa shape index (κ3) is 0.716. The van der Waals surface area contributed by atoms with Crippen LogP contribution in [0, 0.1) is 0 Å². The van der Waals surface area contributed by atoms with E-state index in [1.54, 1.807) is 6.20 Å². The van der Waals surface area contributed by atoms with E-state index in [0.29, 0.717) is 0 Å². The summed E-state index contributed by atoms with van der Waals surface area (Å²) in [5.41, 5.74) is 1.21. The maximum atomic E-state index is 5.76. The van der Waals surface area contributed by atoms with Gasteiger partial charge < -0.3 is 4.74 Å². The Morgan fingerprint density at radius 1 is 1.58 bits per heavy atom. The van der Waals surface area contributed by atoms with E-state index in [1.807, 2.05) is 12.3 Å². The molecule has 1 N–H and O–H groups in total. The molecule has 1 aromatic rings. The summed E-state index contributed by atoms with van der Waals surface area (Å²) >= 11 is 0. The average Bonchev–Trinajstić information content (AvgIpc) is 2.42. The topological polar surface area (TPSA) is 34.1 Å². The Kier molecular flexibility index (Phi) is 1.06. The summed E-state index contributed by atoms with van der Waals surface area (Å²) in [5, 5.41) is 3.32. The first kappa shape index (κ1) is 6.43. The van der Waals surface area contributed by atoms with Crippen molar-refractivity contribution in [3.05, 3.63) is 24.0 Å². The molecule has 1 aromatic heterocycles. The summed E-state index contributed by atoms with van der Waals surface area (Å²) in [7, 11) is 0. The van der Waals surface area contributed by atoms with Crippen molar-refractivity contribution in [2.24, 2.45) is 0 Å². The van der Waals surface area contributed by atoms with Crippen LogP contribution in [0.3, 0.4) is 0 Å². The van der Waals surface area contributed by atoms with E-state index in [4.69, 9.17) is 4.74 Å². The van der Waals surface area contributed by atoms with Gasteiger partial charge in [0.2, 0.25) is 0 Å². The van der Waals surface area contributed by atoms with Crippen molar-refractivity contribution < 1.29 is 4.74 Å². The van der Waals surface area contributed by atoms with E-state index in [9.17, 15) is 0 Å². The van der Waals surface area contributed by atoms with E-state index in [1.165, 1.54) is 5.56 Å². The second kappa shape index (κ2) is 1.98. The molecule has 3 heterocycles. The first-order chi connectivity index (χ1) is 5.88. The van der Waals surface area contributed by atoms with Crippen LogP contribution in [0.5, 0.6) is 5.75 Å². The lowest BCUT2D eigenvalue weighted by atomic mass is 9.97. The largest absolute Gasteiger partial charge is 0.470 e. The second-order valence-corrected chi connectivity index (χ2v) is 3.43. The summed E-state index contributed by atoms with van der Waals surface area (Å²) in [6.45, 7) is 1.07. The van der Waals surface area contributed by atoms with Crippen LogP contribution in [-0.4, -0.2) is 17.3 Å². The van der Waals surface area contributed by atoms with Crippen LogP contribution in [0.1, 0.15) is 12.0 Å². The highest BCUT2D eigenvalue weighted by Gasteiger charge is 2.44. The molecule has 3 heteroatoms. The normalized spacial score (nSPS) is 31.0. The molecule has 0 aliphatic carbocycles. The zero-order chi connectivity index (χ0) is 8.02. The van der Waals surface area contributed by atoms with E-state index in [0.717, 1.165) is 25.1 Å². The molecule has 1 saturated heterocycles. The van der Waals surface area contributed by atoms with E-state index in [2.05, 4.69) is 10.3 Å². The molecular formula is C9H10N2O. The maximum absolute atomic E-state index is 5.76. The van der Waals surface area contributed by atoms with Gasteiger partial charge in [0.15, 0.2) is 5.72 Å². The van der Waals surface area contributed by atoms with Gasteiger partial charge in [-0.1, -0.05) is 0 Å². The Labute approximate surface area is 70.8 Å². The number of ether oxygens (including phenoxy) is 1. The highest BCUT2D eigenvalue weighted by molar-refractivity contribution is 5.36. The van der Waals surface area contributed by atoms with Gasteiger partial charge in [-0.25, -0.2) is 0 Å². The molecule has 62 valence electrons. The number of rotatable bonds is 0. The van der Waals surface area contributed by atoms with Crippen LogP contribution in [0.15, 0.2) is 18.5 Å². The second-order valence-electron chi connectivity index (χ2n) is 3.43. The van der Waals surface area contributed by atoms with Gasteiger partial charge in [-0.2, -0.15) is 0 Å². The predicted molar refractivity (Wildman–Crippen MR) is 43.9 cm³/mol. The zero-order valence-electron chi connectivity index (χ0n) is 6.71. The lowest BCUT2D eigenvalue weighted by Gasteiger charge is -2.38. The highest BCUT2D eigenvalue weighted by atomic mass is 16.5. The molecule has 0 radical (unpaired) electrons. The van der Waals surface area contributed by atoms with Gasteiger partial charge in [0.1, 0.15) is 5.75 Å². The predicted octanol–water partition coefficient (Wildman–Crippen LogP) is 0.706. The van der Waals surface area contributed by atoms with Gasteiger partial charge in [0, 0.05) is 31.1 Å².